The maximum absolute atomic E-state index is 13.1. The Bertz CT molecular complexity index is 560. The number of carbonyl (C=O) groups is 1. The van der Waals surface area contributed by atoms with Crippen molar-refractivity contribution in [3.63, 3.8) is 0 Å². The summed E-state index contributed by atoms with van der Waals surface area (Å²) in [7, 11) is 0. The topological polar surface area (TPSA) is 51.7 Å². The zero-order valence-electron chi connectivity index (χ0n) is 13.1. The lowest BCUT2D eigenvalue weighted by Gasteiger charge is -2.26. The average Bonchev–Trinajstić information content (AvgIpc) is 2.73. The lowest BCUT2D eigenvalue weighted by molar-refractivity contribution is 0.0223. The average molecular weight is 314 g/mol. The molecule has 5 nitrogen and oxygen atoms in total. The molecule has 0 bridgehead atoms. The summed E-state index contributed by atoms with van der Waals surface area (Å²) in [6.45, 7) is 7.59. The Kier molecular flexibility index (Phi) is 4.53. The molecule has 1 fully saturated rings. The third-order valence-corrected chi connectivity index (χ3v) is 3.24. The Morgan fingerprint density at radius 3 is 2.64 bits per heavy atom. The molecule has 122 valence electrons. The fraction of sp³-hybridized carbons (Fsp3) is 0.600. The summed E-state index contributed by atoms with van der Waals surface area (Å²) < 4.78 is 36.8. The van der Waals surface area contributed by atoms with Crippen LogP contribution in [-0.2, 0) is 4.74 Å². The minimum atomic E-state index is -1.03. The molecule has 1 aromatic rings. The van der Waals surface area contributed by atoms with Crippen LogP contribution in [0.25, 0.3) is 0 Å². The number of hydrogen-bond acceptors (Lipinski definition) is 4. The first kappa shape index (κ1) is 16.5. The van der Waals surface area contributed by atoms with Gasteiger partial charge in [-0.05, 0) is 27.7 Å². The van der Waals surface area contributed by atoms with Crippen molar-refractivity contribution >= 4 is 6.09 Å². The molecule has 0 spiro atoms. The second kappa shape index (κ2) is 6.06. The lowest BCUT2D eigenvalue weighted by Crippen LogP contribution is -2.39. The predicted octanol–water partition coefficient (Wildman–Crippen LogP) is 3.14. The zero-order valence-corrected chi connectivity index (χ0v) is 13.1. The van der Waals surface area contributed by atoms with Gasteiger partial charge in [0.15, 0.2) is 11.6 Å². The summed E-state index contributed by atoms with van der Waals surface area (Å²) in [6.07, 6.45) is 0.596. The van der Waals surface area contributed by atoms with Crippen molar-refractivity contribution in [1.29, 1.82) is 0 Å². The minimum absolute atomic E-state index is 0.00198. The minimum Gasteiger partial charge on any atom is -0.472 e. The second-order valence-corrected chi connectivity index (χ2v) is 6.39. The highest BCUT2D eigenvalue weighted by Crippen LogP contribution is 2.24. The molecule has 1 amide bonds. The molecule has 0 radical (unpaired) electrons. The van der Waals surface area contributed by atoms with Gasteiger partial charge in [-0.2, -0.15) is 0 Å². The molecular weight excluding hydrogens is 294 g/mol. The molecule has 7 heteroatoms. The number of amides is 1. The van der Waals surface area contributed by atoms with E-state index in [-0.39, 0.29) is 18.0 Å². The van der Waals surface area contributed by atoms with E-state index in [1.165, 1.54) is 0 Å². The van der Waals surface area contributed by atoms with Crippen molar-refractivity contribution in [3.8, 4) is 5.88 Å². The number of ether oxygens (including phenoxy) is 2. The Balaban J connectivity index is 1.98. The molecule has 1 aromatic heterocycles. The summed E-state index contributed by atoms with van der Waals surface area (Å²) in [5, 5.41) is 0. The van der Waals surface area contributed by atoms with E-state index >= 15 is 0 Å². The molecule has 0 aromatic carbocycles. The van der Waals surface area contributed by atoms with Crippen LogP contribution in [0.1, 0.15) is 34.1 Å². The van der Waals surface area contributed by atoms with Crippen molar-refractivity contribution in [2.75, 3.05) is 6.54 Å². The molecule has 2 atom stereocenters. The van der Waals surface area contributed by atoms with Gasteiger partial charge >= 0.3 is 6.09 Å². The summed E-state index contributed by atoms with van der Waals surface area (Å²) in [5.41, 5.74) is -0.572. The summed E-state index contributed by atoms with van der Waals surface area (Å²) in [5.74, 6) is -2.04. The molecule has 1 aliphatic heterocycles. The number of carbonyl (C=O) groups excluding carboxylic acids is 1. The number of aromatic nitrogens is 1. The van der Waals surface area contributed by atoms with Crippen LogP contribution in [0, 0.1) is 11.6 Å². The van der Waals surface area contributed by atoms with Crippen LogP contribution in [0.3, 0.4) is 0 Å². The quantitative estimate of drug-likeness (QED) is 0.841. The van der Waals surface area contributed by atoms with Gasteiger partial charge in [-0.25, -0.2) is 18.6 Å². The molecular formula is C15H20F2N2O3. The maximum Gasteiger partial charge on any atom is 0.410 e. The van der Waals surface area contributed by atoms with E-state index in [1.807, 2.05) is 6.92 Å². The van der Waals surface area contributed by atoms with Crippen molar-refractivity contribution in [3.05, 3.63) is 23.9 Å². The van der Waals surface area contributed by atoms with Crippen LogP contribution in [0.15, 0.2) is 12.3 Å². The van der Waals surface area contributed by atoms with Crippen LogP contribution in [0.5, 0.6) is 5.88 Å². The summed E-state index contributed by atoms with van der Waals surface area (Å²) in [4.78, 5) is 17.3. The summed E-state index contributed by atoms with van der Waals surface area (Å²) >= 11 is 0. The molecule has 2 heterocycles. The van der Waals surface area contributed by atoms with Gasteiger partial charge in [0.1, 0.15) is 11.7 Å². The number of rotatable bonds is 2. The van der Waals surface area contributed by atoms with Gasteiger partial charge in [0.2, 0.25) is 5.88 Å². The standard InChI is InChI=1S/C15H20F2N2O3/c1-9-5-10(8-19(9)14(20)22-15(2,3)4)21-13-6-11(16)12(17)7-18-13/h6-7,9-10H,5,8H2,1-4H3/t9-,10+/m0/s1. The summed E-state index contributed by atoms with van der Waals surface area (Å²) in [6, 6.07) is 0.834. The van der Waals surface area contributed by atoms with Crippen LogP contribution in [0.2, 0.25) is 0 Å². The first-order valence-electron chi connectivity index (χ1n) is 7.13. The van der Waals surface area contributed by atoms with Crippen LogP contribution in [-0.4, -0.2) is 40.3 Å². The largest absolute Gasteiger partial charge is 0.472 e. The highest BCUT2D eigenvalue weighted by molar-refractivity contribution is 5.69. The molecule has 1 aliphatic rings. The third kappa shape index (κ3) is 4.05. The van der Waals surface area contributed by atoms with Crippen molar-refractivity contribution in [2.24, 2.45) is 0 Å². The van der Waals surface area contributed by atoms with E-state index in [1.54, 1.807) is 25.7 Å². The van der Waals surface area contributed by atoms with E-state index in [4.69, 9.17) is 9.47 Å². The molecule has 0 N–H and O–H groups in total. The van der Waals surface area contributed by atoms with E-state index in [2.05, 4.69) is 4.98 Å². The van der Waals surface area contributed by atoms with Gasteiger partial charge in [0, 0.05) is 18.5 Å². The monoisotopic (exact) mass is 314 g/mol. The number of halogens is 2. The van der Waals surface area contributed by atoms with Gasteiger partial charge in [0.05, 0.1) is 12.7 Å². The van der Waals surface area contributed by atoms with Gasteiger partial charge in [0.25, 0.3) is 0 Å². The molecule has 0 saturated carbocycles. The first-order chi connectivity index (χ1) is 10.2. The smallest absolute Gasteiger partial charge is 0.410 e. The number of nitrogens with zero attached hydrogens (tertiary/aromatic N) is 2. The maximum atomic E-state index is 13.1. The van der Waals surface area contributed by atoms with E-state index in [0.717, 1.165) is 12.3 Å². The van der Waals surface area contributed by atoms with Crippen molar-refractivity contribution in [2.45, 2.75) is 51.9 Å². The molecule has 0 aliphatic carbocycles. The van der Waals surface area contributed by atoms with Crippen LogP contribution in [0.4, 0.5) is 13.6 Å². The Morgan fingerprint density at radius 2 is 2.05 bits per heavy atom. The fourth-order valence-electron chi connectivity index (χ4n) is 2.27. The number of likely N-dealkylation sites (tertiary alicyclic amines) is 1. The molecule has 0 unspecified atom stereocenters. The number of pyridine rings is 1. The number of hydrogen-bond donors (Lipinski definition) is 0. The third-order valence-electron chi connectivity index (χ3n) is 3.24. The zero-order chi connectivity index (χ0) is 16.5. The van der Waals surface area contributed by atoms with E-state index < -0.39 is 23.3 Å². The first-order valence-corrected chi connectivity index (χ1v) is 7.13. The SMILES string of the molecule is C[C@H]1C[C@@H](Oc2cc(F)c(F)cn2)CN1C(=O)OC(C)(C)C. The lowest BCUT2D eigenvalue weighted by atomic mass is 10.2. The highest BCUT2D eigenvalue weighted by Gasteiger charge is 2.36. The van der Waals surface area contributed by atoms with Crippen LogP contribution >= 0.6 is 0 Å². The predicted molar refractivity (Wildman–Crippen MR) is 75.6 cm³/mol. The second-order valence-electron chi connectivity index (χ2n) is 6.39. The van der Waals surface area contributed by atoms with Gasteiger partial charge in [-0.1, -0.05) is 0 Å². The molecule has 1 saturated heterocycles. The molecule has 2 rings (SSSR count). The fourth-order valence-corrected chi connectivity index (χ4v) is 2.27. The Morgan fingerprint density at radius 1 is 1.36 bits per heavy atom. The Hall–Kier alpha value is -1.92. The van der Waals surface area contributed by atoms with Gasteiger partial charge < -0.3 is 14.4 Å². The van der Waals surface area contributed by atoms with E-state index in [9.17, 15) is 13.6 Å². The Labute approximate surface area is 128 Å². The van der Waals surface area contributed by atoms with Gasteiger partial charge in [-0.15, -0.1) is 0 Å². The van der Waals surface area contributed by atoms with Gasteiger partial charge in [-0.3, -0.25) is 0 Å². The van der Waals surface area contributed by atoms with Crippen molar-refractivity contribution < 1.29 is 23.0 Å². The molecule has 22 heavy (non-hydrogen) atoms. The van der Waals surface area contributed by atoms with E-state index in [0.29, 0.717) is 13.0 Å². The normalized spacial score (nSPS) is 21.8. The van der Waals surface area contributed by atoms with Crippen molar-refractivity contribution in [1.82, 2.24) is 9.88 Å². The highest BCUT2D eigenvalue weighted by atomic mass is 19.2. The van der Waals surface area contributed by atoms with Crippen LogP contribution < -0.4 is 4.74 Å².